The van der Waals surface area contributed by atoms with Gasteiger partial charge in [-0.3, -0.25) is 4.79 Å². The third-order valence-electron chi connectivity index (χ3n) is 6.34. The smallest absolute Gasteiger partial charge is 0.263 e. The summed E-state index contributed by atoms with van der Waals surface area (Å²) >= 11 is 1.30. The van der Waals surface area contributed by atoms with Crippen LogP contribution in [0.25, 0.3) is 6.08 Å². The number of allylic oxidation sites excluding steroid dienone is 1. The molecule has 0 saturated heterocycles. The van der Waals surface area contributed by atoms with Crippen LogP contribution in [0.15, 0.2) is 59.2 Å². The van der Waals surface area contributed by atoms with Crippen LogP contribution >= 0.6 is 11.3 Å². The lowest BCUT2D eigenvalue weighted by Gasteiger charge is -2.29. The largest absolute Gasteiger partial charge is 0.354 e. The highest BCUT2D eigenvalue weighted by Crippen LogP contribution is 2.47. The van der Waals surface area contributed by atoms with Crippen LogP contribution in [0.3, 0.4) is 0 Å². The predicted octanol–water partition coefficient (Wildman–Crippen LogP) is 5.89. The molecule has 1 saturated carbocycles. The van der Waals surface area contributed by atoms with Gasteiger partial charge in [-0.1, -0.05) is 35.6 Å². The van der Waals surface area contributed by atoms with Gasteiger partial charge < -0.3 is 5.32 Å². The van der Waals surface area contributed by atoms with Crippen molar-refractivity contribution in [3.05, 3.63) is 87.4 Å². The second-order valence-corrected chi connectivity index (χ2v) is 9.51. The van der Waals surface area contributed by atoms with Crippen molar-refractivity contribution in [3.8, 4) is 0 Å². The molecule has 174 valence electrons. The lowest BCUT2D eigenvalue weighted by Crippen LogP contribution is -2.28. The second kappa shape index (κ2) is 9.10. The molecule has 0 bridgehead atoms. The van der Waals surface area contributed by atoms with Gasteiger partial charge in [0, 0.05) is 13.0 Å². The van der Waals surface area contributed by atoms with Crippen molar-refractivity contribution in [3.63, 3.8) is 0 Å². The molecular formula is C26H24F2N4OS. The first kappa shape index (κ1) is 22.4. The minimum Gasteiger partial charge on any atom is -0.354 e. The van der Waals surface area contributed by atoms with Gasteiger partial charge in [0.15, 0.2) is 0 Å². The third-order valence-corrected chi connectivity index (χ3v) is 7.48. The number of nitrogens with one attached hydrogen (secondary N) is 1. The Kier molecular flexibility index (Phi) is 6.00. The number of aryl methyl sites for hydroxylation is 1. The Labute approximate surface area is 200 Å². The zero-order valence-corrected chi connectivity index (χ0v) is 19.7. The van der Waals surface area contributed by atoms with Gasteiger partial charge in [0.05, 0.1) is 17.4 Å². The molecule has 1 amide bonds. The molecule has 1 aromatic heterocycles. The van der Waals surface area contributed by atoms with Crippen molar-refractivity contribution in [1.82, 2.24) is 10.3 Å². The summed E-state index contributed by atoms with van der Waals surface area (Å²) in [5.41, 5.74) is 4.59. The van der Waals surface area contributed by atoms with E-state index in [1.807, 2.05) is 11.9 Å². The Morgan fingerprint density at radius 2 is 1.79 bits per heavy atom. The number of hydrazone groups is 1. The molecule has 1 aliphatic carbocycles. The van der Waals surface area contributed by atoms with Crippen molar-refractivity contribution >= 4 is 34.2 Å². The van der Waals surface area contributed by atoms with E-state index in [-0.39, 0.29) is 29.5 Å². The van der Waals surface area contributed by atoms with Crippen LogP contribution in [0.1, 0.15) is 51.8 Å². The molecule has 8 heteroatoms. The van der Waals surface area contributed by atoms with Crippen LogP contribution in [0.2, 0.25) is 0 Å². The molecule has 2 aliphatic rings. The molecule has 3 aromatic rings. The summed E-state index contributed by atoms with van der Waals surface area (Å²) in [6.07, 6.45) is 4.86. The van der Waals surface area contributed by atoms with Crippen LogP contribution in [0, 0.1) is 24.5 Å². The van der Waals surface area contributed by atoms with E-state index in [9.17, 15) is 13.6 Å². The quantitative estimate of drug-likeness (QED) is 0.509. The molecule has 5 rings (SSSR count). The molecule has 2 heterocycles. The first-order chi connectivity index (χ1) is 16.4. The number of fused-ring (bicyclic) bond motifs is 1. The average Bonchev–Trinajstić information content (AvgIpc) is 3.42. The fourth-order valence-electron chi connectivity index (χ4n) is 4.72. The van der Waals surface area contributed by atoms with Crippen LogP contribution < -0.4 is 10.3 Å². The van der Waals surface area contributed by atoms with Crippen molar-refractivity contribution in [2.24, 2.45) is 11.0 Å². The Bertz CT molecular complexity index is 1280. The van der Waals surface area contributed by atoms with Gasteiger partial charge in [0.2, 0.25) is 5.13 Å². The van der Waals surface area contributed by atoms with E-state index in [4.69, 9.17) is 5.10 Å². The number of halogens is 2. The van der Waals surface area contributed by atoms with Crippen molar-refractivity contribution in [2.75, 3.05) is 12.1 Å². The Balaban J connectivity index is 1.60. The minimum atomic E-state index is -0.290. The minimum absolute atomic E-state index is 0.0959. The van der Waals surface area contributed by atoms with Gasteiger partial charge in [-0.25, -0.2) is 18.8 Å². The number of rotatable bonds is 4. The Morgan fingerprint density at radius 1 is 1.12 bits per heavy atom. The number of amides is 1. The third kappa shape index (κ3) is 4.14. The average molecular weight is 479 g/mol. The van der Waals surface area contributed by atoms with E-state index in [2.05, 4.69) is 16.4 Å². The summed E-state index contributed by atoms with van der Waals surface area (Å²) in [5, 5.41) is 10.2. The maximum absolute atomic E-state index is 13.7. The maximum Gasteiger partial charge on any atom is 0.263 e. The number of thiazole rings is 1. The lowest BCUT2D eigenvalue weighted by molar-refractivity contribution is 0.0966. The molecule has 1 N–H and O–H groups in total. The van der Waals surface area contributed by atoms with E-state index in [1.54, 1.807) is 31.3 Å². The van der Waals surface area contributed by atoms with Gasteiger partial charge in [-0.15, -0.1) is 0 Å². The van der Waals surface area contributed by atoms with Crippen molar-refractivity contribution in [2.45, 2.75) is 32.2 Å². The fourth-order valence-corrected chi connectivity index (χ4v) is 5.72. The van der Waals surface area contributed by atoms with E-state index in [1.165, 1.54) is 35.6 Å². The maximum atomic E-state index is 13.7. The van der Waals surface area contributed by atoms with Crippen LogP contribution in [0.5, 0.6) is 0 Å². The number of anilines is 1. The highest BCUT2D eigenvalue weighted by atomic mass is 32.1. The number of hydrogen-bond donors (Lipinski definition) is 1. The fraction of sp³-hybridized carbons (Fsp3) is 0.269. The summed E-state index contributed by atoms with van der Waals surface area (Å²) in [4.78, 5) is 17.5. The van der Waals surface area contributed by atoms with E-state index in [0.717, 1.165) is 41.7 Å². The van der Waals surface area contributed by atoms with Crippen LogP contribution in [0.4, 0.5) is 13.9 Å². The number of nitrogens with zero attached hydrogens (tertiary/aromatic N) is 3. The Morgan fingerprint density at radius 3 is 2.47 bits per heavy atom. The molecule has 0 unspecified atom stereocenters. The van der Waals surface area contributed by atoms with E-state index >= 15 is 0 Å². The molecule has 34 heavy (non-hydrogen) atoms. The summed E-state index contributed by atoms with van der Waals surface area (Å²) in [5.74, 6) is -0.642. The number of aromatic nitrogens is 1. The van der Waals surface area contributed by atoms with Gasteiger partial charge >= 0.3 is 0 Å². The van der Waals surface area contributed by atoms with Gasteiger partial charge in [0.25, 0.3) is 5.91 Å². The molecular weight excluding hydrogens is 454 g/mol. The SMILES string of the molecule is CNC(=O)c1sc(N2N=C3/C(=C\c4ccc(F)cc4)CCC[C@H]3[C@H]2c2ccc(F)cc2)nc1C. The van der Waals surface area contributed by atoms with Crippen molar-refractivity contribution in [1.29, 1.82) is 0 Å². The first-order valence-corrected chi connectivity index (χ1v) is 12.1. The molecule has 2 aromatic carbocycles. The Hall–Kier alpha value is -3.39. The van der Waals surface area contributed by atoms with Crippen LogP contribution in [-0.2, 0) is 0 Å². The number of carbonyl (C=O) groups is 1. The zero-order valence-electron chi connectivity index (χ0n) is 18.9. The molecule has 1 aliphatic heterocycles. The topological polar surface area (TPSA) is 57.6 Å². The monoisotopic (exact) mass is 478 g/mol. The number of carbonyl (C=O) groups excluding carboxylic acids is 1. The van der Waals surface area contributed by atoms with Gasteiger partial charge in [0.1, 0.15) is 16.5 Å². The van der Waals surface area contributed by atoms with E-state index in [0.29, 0.717) is 15.7 Å². The highest BCUT2D eigenvalue weighted by Gasteiger charge is 2.43. The zero-order chi connectivity index (χ0) is 23.8. The summed E-state index contributed by atoms with van der Waals surface area (Å²) in [6, 6.07) is 12.8. The molecule has 0 spiro atoms. The summed E-state index contributed by atoms with van der Waals surface area (Å²) in [7, 11) is 1.60. The molecule has 1 fully saturated rings. The summed E-state index contributed by atoms with van der Waals surface area (Å²) in [6.45, 7) is 1.81. The molecule has 2 atom stereocenters. The highest BCUT2D eigenvalue weighted by molar-refractivity contribution is 7.17. The normalized spacial score (nSPS) is 20.9. The molecule has 0 radical (unpaired) electrons. The van der Waals surface area contributed by atoms with E-state index < -0.39 is 0 Å². The summed E-state index contributed by atoms with van der Waals surface area (Å²) < 4.78 is 27.1. The predicted molar refractivity (Wildman–Crippen MR) is 131 cm³/mol. The number of hydrogen-bond acceptors (Lipinski definition) is 5. The lowest BCUT2D eigenvalue weighted by atomic mass is 9.77. The van der Waals surface area contributed by atoms with Crippen LogP contribution in [-0.4, -0.2) is 23.7 Å². The second-order valence-electron chi connectivity index (χ2n) is 8.54. The van der Waals surface area contributed by atoms with Gasteiger partial charge in [-0.2, -0.15) is 5.10 Å². The van der Waals surface area contributed by atoms with Crippen molar-refractivity contribution < 1.29 is 13.6 Å². The first-order valence-electron chi connectivity index (χ1n) is 11.2. The number of benzene rings is 2. The molecule has 5 nitrogen and oxygen atoms in total. The standard InChI is InChI=1S/C26H24F2N4OS/c1-15-24(25(33)29-2)34-26(30-15)32-23(17-8-12-20(28)13-9-17)21-5-3-4-18(22(21)31-32)14-16-6-10-19(27)11-7-16/h6-14,21,23H,3-5H2,1-2H3,(H,29,33)/b18-14-/t21-,23-/m1/s1. The van der Waals surface area contributed by atoms with Gasteiger partial charge in [-0.05, 0) is 73.2 Å².